The van der Waals surface area contributed by atoms with Gasteiger partial charge in [-0.1, -0.05) is 30.1 Å². The molecule has 3 atom stereocenters. The Morgan fingerprint density at radius 1 is 1.27 bits per heavy atom. The third-order valence-corrected chi connectivity index (χ3v) is 5.50. The number of hydrogen-bond donors (Lipinski definition) is 1. The Hall–Kier alpha value is -2.70. The number of aromatic nitrogens is 2. The normalized spacial score (nSPS) is 25.1. The van der Waals surface area contributed by atoms with Gasteiger partial charge in [-0.2, -0.15) is 4.98 Å². The van der Waals surface area contributed by atoms with Crippen LogP contribution in [0.5, 0.6) is 0 Å². The van der Waals surface area contributed by atoms with Crippen LogP contribution >= 0.6 is 0 Å². The molecule has 1 saturated carbocycles. The number of carbonyl (C=O) groups is 2. The highest BCUT2D eigenvalue weighted by atomic mass is 16.5. The number of likely N-dealkylation sites (tertiary alicyclic amines) is 1. The smallest absolute Gasteiger partial charge is 0.326 e. The molecule has 7 nitrogen and oxygen atoms in total. The largest absolute Gasteiger partial charge is 0.480 e. The van der Waals surface area contributed by atoms with Gasteiger partial charge >= 0.3 is 5.97 Å². The van der Waals surface area contributed by atoms with Crippen LogP contribution in [0, 0.1) is 12.8 Å². The summed E-state index contributed by atoms with van der Waals surface area (Å²) in [6.45, 7) is 1.70. The maximum absolute atomic E-state index is 13.2. The average Bonchev–Trinajstić information content (AvgIpc) is 3.25. The van der Waals surface area contributed by atoms with Gasteiger partial charge in [-0.3, -0.25) is 4.79 Å². The molecule has 2 fully saturated rings. The molecular weight excluding hydrogens is 334 g/mol. The Morgan fingerprint density at radius 3 is 2.81 bits per heavy atom. The predicted octanol–water partition coefficient (Wildman–Crippen LogP) is 2.90. The van der Waals surface area contributed by atoms with Gasteiger partial charge in [-0.05, 0) is 37.3 Å². The molecule has 0 radical (unpaired) electrons. The summed E-state index contributed by atoms with van der Waals surface area (Å²) in [5, 5.41) is 13.5. The van der Waals surface area contributed by atoms with E-state index in [1.54, 1.807) is 30.0 Å². The van der Waals surface area contributed by atoms with Crippen molar-refractivity contribution in [1.29, 1.82) is 0 Å². The molecule has 2 heterocycles. The fourth-order valence-electron chi connectivity index (χ4n) is 4.33. The lowest BCUT2D eigenvalue weighted by molar-refractivity contribution is -0.141. The van der Waals surface area contributed by atoms with Gasteiger partial charge in [0.1, 0.15) is 6.04 Å². The number of benzene rings is 1. The van der Waals surface area contributed by atoms with E-state index in [-0.39, 0.29) is 17.9 Å². The Balaban J connectivity index is 1.66. The number of amides is 1. The zero-order valence-electron chi connectivity index (χ0n) is 14.6. The van der Waals surface area contributed by atoms with E-state index in [2.05, 4.69) is 10.1 Å². The van der Waals surface area contributed by atoms with Gasteiger partial charge in [0.2, 0.25) is 11.7 Å². The summed E-state index contributed by atoms with van der Waals surface area (Å²) in [6, 6.07) is 6.28. The SMILES string of the molecule is Cc1nc(-c2cccc(C(=O)N3[C@@H]4CCCC[C@H]4C[C@H]3C(=O)O)c2)no1. The summed E-state index contributed by atoms with van der Waals surface area (Å²) in [4.78, 5) is 30.8. The number of nitrogens with zero attached hydrogens (tertiary/aromatic N) is 3. The Labute approximate surface area is 151 Å². The van der Waals surface area contributed by atoms with Crippen LogP contribution < -0.4 is 0 Å². The lowest BCUT2D eigenvalue weighted by Crippen LogP contribution is -2.46. The van der Waals surface area contributed by atoms with Crippen LogP contribution in [0.3, 0.4) is 0 Å². The predicted molar refractivity (Wildman–Crippen MR) is 92.4 cm³/mol. The minimum Gasteiger partial charge on any atom is -0.480 e. The van der Waals surface area contributed by atoms with Gasteiger partial charge in [0.25, 0.3) is 5.91 Å². The summed E-state index contributed by atoms with van der Waals surface area (Å²) in [6.07, 6.45) is 4.58. The van der Waals surface area contributed by atoms with Crippen molar-refractivity contribution in [1.82, 2.24) is 15.0 Å². The van der Waals surface area contributed by atoms with Crippen LogP contribution in [-0.2, 0) is 4.79 Å². The van der Waals surface area contributed by atoms with Gasteiger partial charge in [0.15, 0.2) is 0 Å². The second kappa shape index (κ2) is 6.55. The summed E-state index contributed by atoms with van der Waals surface area (Å²) in [7, 11) is 0. The molecule has 1 aliphatic heterocycles. The van der Waals surface area contributed by atoms with Crippen molar-refractivity contribution in [2.24, 2.45) is 5.92 Å². The number of carboxylic acid groups (broad SMARTS) is 1. The van der Waals surface area contributed by atoms with Crippen LogP contribution in [0.2, 0.25) is 0 Å². The van der Waals surface area contributed by atoms with Crippen LogP contribution in [0.1, 0.15) is 48.4 Å². The molecule has 26 heavy (non-hydrogen) atoms. The Kier molecular flexibility index (Phi) is 4.22. The number of carboxylic acids is 1. The first-order valence-corrected chi connectivity index (χ1v) is 9.01. The van der Waals surface area contributed by atoms with Gasteiger partial charge < -0.3 is 14.5 Å². The molecule has 1 aromatic carbocycles. The fraction of sp³-hybridized carbons (Fsp3) is 0.474. The Bertz CT molecular complexity index is 847. The molecule has 4 rings (SSSR count). The molecule has 0 unspecified atom stereocenters. The van der Waals surface area contributed by atoms with Crippen molar-refractivity contribution in [3.63, 3.8) is 0 Å². The minimum atomic E-state index is -0.919. The highest BCUT2D eigenvalue weighted by Gasteiger charge is 2.47. The van der Waals surface area contributed by atoms with Crippen molar-refractivity contribution < 1.29 is 19.2 Å². The van der Waals surface area contributed by atoms with E-state index in [1.165, 1.54) is 0 Å². The van der Waals surface area contributed by atoms with Crippen molar-refractivity contribution in [3.8, 4) is 11.4 Å². The Morgan fingerprint density at radius 2 is 2.08 bits per heavy atom. The fourth-order valence-corrected chi connectivity index (χ4v) is 4.33. The lowest BCUT2D eigenvalue weighted by atomic mass is 9.84. The van der Waals surface area contributed by atoms with Crippen LogP contribution in [0.25, 0.3) is 11.4 Å². The van der Waals surface area contributed by atoms with E-state index in [0.29, 0.717) is 29.3 Å². The third kappa shape index (κ3) is 2.87. The standard InChI is InChI=1S/C19H21N3O4/c1-11-20-17(21-26-11)13-6-4-7-14(9-13)18(23)22-15-8-3-2-5-12(15)10-16(22)19(24)25/h4,6-7,9,12,15-16H,2-3,5,8,10H2,1H3,(H,24,25)/t12-,15+,16-/m0/s1. The minimum absolute atomic E-state index is 0.0217. The van der Waals surface area contributed by atoms with Crippen LogP contribution in [0.15, 0.2) is 28.8 Å². The zero-order valence-corrected chi connectivity index (χ0v) is 14.6. The summed E-state index contributed by atoms with van der Waals surface area (Å²) in [5.41, 5.74) is 1.14. The molecule has 1 saturated heterocycles. The van der Waals surface area contributed by atoms with Gasteiger partial charge in [0.05, 0.1) is 0 Å². The van der Waals surface area contributed by atoms with Crippen LogP contribution in [-0.4, -0.2) is 44.1 Å². The van der Waals surface area contributed by atoms with E-state index >= 15 is 0 Å². The third-order valence-electron chi connectivity index (χ3n) is 5.50. The molecule has 1 N–H and O–H groups in total. The molecule has 136 valence electrons. The number of rotatable bonds is 3. The second-order valence-electron chi connectivity index (χ2n) is 7.13. The number of fused-ring (bicyclic) bond motifs is 1. The highest BCUT2D eigenvalue weighted by Crippen LogP contribution is 2.40. The molecule has 7 heteroatoms. The molecule has 1 amide bonds. The molecule has 1 aromatic heterocycles. The van der Waals surface area contributed by atoms with Gasteiger partial charge in [0, 0.05) is 24.1 Å². The summed E-state index contributed by atoms with van der Waals surface area (Å²) in [5.74, 6) is 0.0135. The molecule has 2 aliphatic rings. The molecule has 0 spiro atoms. The quantitative estimate of drug-likeness (QED) is 0.909. The van der Waals surface area contributed by atoms with E-state index in [1.807, 2.05) is 6.07 Å². The van der Waals surface area contributed by atoms with E-state index in [4.69, 9.17) is 4.52 Å². The number of aryl methyl sites for hydroxylation is 1. The van der Waals surface area contributed by atoms with Crippen LogP contribution in [0.4, 0.5) is 0 Å². The van der Waals surface area contributed by atoms with E-state index < -0.39 is 12.0 Å². The lowest BCUT2D eigenvalue weighted by Gasteiger charge is -2.33. The average molecular weight is 355 g/mol. The highest BCUT2D eigenvalue weighted by molar-refractivity contribution is 5.98. The van der Waals surface area contributed by atoms with Crippen molar-refractivity contribution in [3.05, 3.63) is 35.7 Å². The van der Waals surface area contributed by atoms with Crippen molar-refractivity contribution >= 4 is 11.9 Å². The summed E-state index contributed by atoms with van der Waals surface area (Å²) < 4.78 is 5.00. The van der Waals surface area contributed by atoms with E-state index in [9.17, 15) is 14.7 Å². The maximum Gasteiger partial charge on any atom is 0.326 e. The zero-order chi connectivity index (χ0) is 18.3. The molecule has 1 aliphatic carbocycles. The van der Waals surface area contributed by atoms with Gasteiger partial charge in [-0.25, -0.2) is 4.79 Å². The van der Waals surface area contributed by atoms with Crippen molar-refractivity contribution in [2.45, 2.75) is 51.1 Å². The van der Waals surface area contributed by atoms with Crippen molar-refractivity contribution in [2.75, 3.05) is 0 Å². The first kappa shape index (κ1) is 16.8. The monoisotopic (exact) mass is 355 g/mol. The second-order valence-corrected chi connectivity index (χ2v) is 7.13. The topological polar surface area (TPSA) is 96.5 Å². The maximum atomic E-state index is 13.2. The molecule has 0 bridgehead atoms. The van der Waals surface area contributed by atoms with E-state index in [0.717, 1.165) is 25.7 Å². The summed E-state index contributed by atoms with van der Waals surface area (Å²) >= 11 is 0. The first-order valence-electron chi connectivity index (χ1n) is 9.01. The molecular formula is C19H21N3O4. The number of carbonyl (C=O) groups excluding carboxylic acids is 1. The number of aliphatic carboxylic acids is 1. The first-order chi connectivity index (χ1) is 12.5. The van der Waals surface area contributed by atoms with Gasteiger partial charge in [-0.15, -0.1) is 0 Å². The number of hydrogen-bond acceptors (Lipinski definition) is 5. The molecule has 2 aromatic rings.